The predicted molar refractivity (Wildman–Crippen MR) is 145 cm³/mol. The van der Waals surface area contributed by atoms with Crippen molar-refractivity contribution in [3.05, 3.63) is 65.2 Å². The molecule has 7 heteroatoms. The molecule has 3 rings (SSSR count). The number of aryl methyl sites for hydroxylation is 1. The first-order valence-electron chi connectivity index (χ1n) is 11.9. The van der Waals surface area contributed by atoms with Crippen LogP contribution in [0.4, 0.5) is 0 Å². The van der Waals surface area contributed by atoms with E-state index >= 15 is 0 Å². The van der Waals surface area contributed by atoms with Gasteiger partial charge in [0, 0.05) is 0 Å². The summed E-state index contributed by atoms with van der Waals surface area (Å²) >= 11 is 1.84. The van der Waals surface area contributed by atoms with Gasteiger partial charge < -0.3 is 0 Å². The van der Waals surface area contributed by atoms with Crippen LogP contribution in [0.15, 0.2) is 53.4 Å². The number of hydrogen-bond donors (Lipinski definition) is 0. The van der Waals surface area contributed by atoms with Crippen molar-refractivity contribution < 1.29 is 14.2 Å². The molecule has 2 aromatic carbocycles. The van der Waals surface area contributed by atoms with Crippen LogP contribution in [0.5, 0.6) is 0 Å². The predicted octanol–water partition coefficient (Wildman–Crippen LogP) is 5.96. The average molecular weight is 482 g/mol. The van der Waals surface area contributed by atoms with Crippen LogP contribution in [-0.4, -0.2) is 37.7 Å². The van der Waals surface area contributed by atoms with E-state index in [-0.39, 0.29) is 17.0 Å². The molecule has 1 fully saturated rings. The molecule has 6 atom stereocenters. The average Bonchev–Trinajstić information content (AvgIpc) is 2.78. The molecule has 176 valence electrons. The molecule has 0 spiro atoms. The van der Waals surface area contributed by atoms with Crippen LogP contribution in [0.25, 0.3) is 0 Å². The van der Waals surface area contributed by atoms with Gasteiger partial charge in [-0.3, -0.25) is 0 Å². The third kappa shape index (κ3) is 7.28. The fourth-order valence-electron chi connectivity index (χ4n) is 4.37. The SMILES string of the molecule is Cc1ccc(C(C)(C)C)cc1S[C@@H]1OC(COCc2ccccc2)[C@@H](C)[C@H](PBB=O)C1C. The van der Waals surface area contributed by atoms with E-state index in [1.165, 1.54) is 21.6 Å². The first kappa shape index (κ1) is 26.7. The molecule has 0 N–H and O–H groups in total. The number of ether oxygens (including phenoxy) is 2. The van der Waals surface area contributed by atoms with Crippen LogP contribution in [0.3, 0.4) is 0 Å². The molecular weight excluding hydrogens is 445 g/mol. The van der Waals surface area contributed by atoms with Crippen LogP contribution in [0, 0.1) is 18.8 Å². The fraction of sp³-hybridized carbons (Fsp3) is 0.538. The molecule has 0 radical (unpaired) electrons. The van der Waals surface area contributed by atoms with Gasteiger partial charge in [0.05, 0.1) is 0 Å². The molecule has 0 amide bonds. The van der Waals surface area contributed by atoms with Crippen molar-refractivity contribution in [3.63, 3.8) is 0 Å². The Hall–Kier alpha value is -0.930. The van der Waals surface area contributed by atoms with Crippen molar-refractivity contribution in [2.24, 2.45) is 11.8 Å². The zero-order valence-electron chi connectivity index (χ0n) is 20.8. The van der Waals surface area contributed by atoms with E-state index in [0.717, 1.165) is 7.04 Å². The van der Waals surface area contributed by atoms with Gasteiger partial charge in [0.1, 0.15) is 0 Å². The molecule has 0 bridgehead atoms. The van der Waals surface area contributed by atoms with Crippen molar-refractivity contribution in [1.82, 2.24) is 0 Å². The molecule has 3 unspecified atom stereocenters. The summed E-state index contributed by atoms with van der Waals surface area (Å²) in [5, 5.41) is 0. The molecule has 2 aromatic rings. The molecule has 1 aliphatic rings. The summed E-state index contributed by atoms with van der Waals surface area (Å²) in [6.45, 7) is 15.3. The monoisotopic (exact) mass is 482 g/mol. The molecule has 0 aromatic heterocycles. The molecule has 33 heavy (non-hydrogen) atoms. The second-order valence-electron chi connectivity index (χ2n) is 10.2. The molecule has 1 aliphatic heterocycles. The molecule has 1 heterocycles. The van der Waals surface area contributed by atoms with E-state index in [2.05, 4.69) is 71.9 Å². The number of rotatable bonds is 9. The van der Waals surface area contributed by atoms with Gasteiger partial charge in [-0.1, -0.05) is 0 Å². The second kappa shape index (κ2) is 12.2. The minimum absolute atomic E-state index is 0.0256. The van der Waals surface area contributed by atoms with Crippen molar-refractivity contribution >= 4 is 34.2 Å². The maximum atomic E-state index is 11.2. The first-order chi connectivity index (χ1) is 15.7. The van der Waals surface area contributed by atoms with E-state index in [1.54, 1.807) is 0 Å². The number of hydrogen-bond acceptors (Lipinski definition) is 4. The van der Waals surface area contributed by atoms with E-state index in [0.29, 0.717) is 46.1 Å². The van der Waals surface area contributed by atoms with Gasteiger partial charge in [-0.25, -0.2) is 0 Å². The summed E-state index contributed by atoms with van der Waals surface area (Å²) in [5.41, 5.74) is 4.41. The van der Waals surface area contributed by atoms with Crippen LogP contribution in [-0.2, 0) is 26.2 Å². The Morgan fingerprint density at radius 3 is 2.52 bits per heavy atom. The molecule has 0 aliphatic carbocycles. The summed E-state index contributed by atoms with van der Waals surface area (Å²) in [6.07, 6.45) is 0.0256. The summed E-state index contributed by atoms with van der Waals surface area (Å²) < 4.78 is 24.0. The Balaban J connectivity index is 1.76. The van der Waals surface area contributed by atoms with Crippen molar-refractivity contribution in [3.8, 4) is 0 Å². The van der Waals surface area contributed by atoms with Crippen molar-refractivity contribution in [2.75, 3.05) is 6.61 Å². The Morgan fingerprint density at radius 1 is 1.12 bits per heavy atom. The van der Waals surface area contributed by atoms with Crippen molar-refractivity contribution in [1.29, 1.82) is 0 Å². The second-order valence-corrected chi connectivity index (χ2v) is 12.8. The van der Waals surface area contributed by atoms with Gasteiger partial charge in [-0.15, -0.1) is 0 Å². The van der Waals surface area contributed by atoms with Gasteiger partial charge in [-0.2, -0.15) is 0 Å². The van der Waals surface area contributed by atoms with Crippen LogP contribution in [0.1, 0.15) is 51.3 Å². The quantitative estimate of drug-likeness (QED) is 0.327. The number of benzene rings is 2. The first-order valence-corrected chi connectivity index (χ1v) is 14.1. The Kier molecular flexibility index (Phi) is 9.83. The van der Waals surface area contributed by atoms with E-state index < -0.39 is 0 Å². The van der Waals surface area contributed by atoms with Crippen LogP contribution >= 0.6 is 20.2 Å². The Bertz CT molecular complexity index is 906. The molecular formula is C26H37B2O3PS. The normalized spacial score (nSPS) is 25.8. The summed E-state index contributed by atoms with van der Waals surface area (Å²) in [4.78, 5) is 1.29. The minimum atomic E-state index is 0.0256. The van der Waals surface area contributed by atoms with Crippen molar-refractivity contribution in [2.45, 2.75) is 75.7 Å². The summed E-state index contributed by atoms with van der Waals surface area (Å²) in [6, 6.07) is 17.1. The standard InChI is InChI=1S/C26H37B2O3PS/c1-17-12-13-21(26(4,5)6)14-23(17)33-25-19(3)24(32-28-27-29)18(2)22(31-25)16-30-15-20-10-8-7-9-11-20/h7-14,18-19,22,24-25,28,32H,15-16H2,1-6H3/t18-,19?,22?,24+,25+/m1/s1. The van der Waals surface area contributed by atoms with Crippen LogP contribution in [0.2, 0.25) is 0 Å². The van der Waals surface area contributed by atoms with E-state index in [9.17, 15) is 4.70 Å². The van der Waals surface area contributed by atoms with Crippen LogP contribution < -0.4 is 0 Å². The molecule has 1 saturated heterocycles. The zero-order chi connectivity index (χ0) is 24.0. The van der Waals surface area contributed by atoms with E-state index in [4.69, 9.17) is 9.47 Å². The van der Waals surface area contributed by atoms with Gasteiger partial charge >= 0.3 is 208 Å². The number of thioether (sulfide) groups is 1. The summed E-state index contributed by atoms with van der Waals surface area (Å²) in [7, 11) is 1.68. The Morgan fingerprint density at radius 2 is 1.85 bits per heavy atom. The Labute approximate surface area is 207 Å². The zero-order valence-corrected chi connectivity index (χ0v) is 22.7. The third-order valence-corrected chi connectivity index (χ3v) is 9.98. The van der Waals surface area contributed by atoms with E-state index in [1.807, 2.05) is 30.0 Å². The van der Waals surface area contributed by atoms with Gasteiger partial charge in [0.25, 0.3) is 0 Å². The topological polar surface area (TPSA) is 35.5 Å². The molecule has 0 saturated carbocycles. The van der Waals surface area contributed by atoms with Gasteiger partial charge in [0.2, 0.25) is 0 Å². The molecule has 3 nitrogen and oxygen atoms in total. The van der Waals surface area contributed by atoms with Gasteiger partial charge in [0.15, 0.2) is 0 Å². The maximum absolute atomic E-state index is 11.2. The summed E-state index contributed by atoms with van der Waals surface area (Å²) in [5.74, 6) is 0.722. The van der Waals surface area contributed by atoms with Gasteiger partial charge in [-0.05, 0) is 0 Å². The third-order valence-electron chi connectivity index (χ3n) is 6.59. The fourth-order valence-corrected chi connectivity index (χ4v) is 7.29.